The highest BCUT2D eigenvalue weighted by Crippen LogP contribution is 2.35. The first-order valence-corrected chi connectivity index (χ1v) is 16.7. The third-order valence-corrected chi connectivity index (χ3v) is 8.70. The van der Waals surface area contributed by atoms with E-state index in [1.165, 1.54) is 0 Å². The fourth-order valence-electron chi connectivity index (χ4n) is 6.40. The Kier molecular flexibility index (Phi) is 9.53. The van der Waals surface area contributed by atoms with Gasteiger partial charge in [0.05, 0.1) is 11.1 Å². The Bertz CT molecular complexity index is 2020. The zero-order valence-corrected chi connectivity index (χ0v) is 28.3. The van der Waals surface area contributed by atoms with Gasteiger partial charge in [-0.05, 0) is 100 Å². The van der Waals surface area contributed by atoms with Crippen LogP contribution in [0.4, 0.5) is 10.5 Å². The SMILES string of the molecule is CCc1cn(-c2ccc(C(N)=O)c(N[C@H]3CC[C@H](OC(=O)CNC(=O)OC(C)(C)C)CC3)c2)c2nccc(-c3cnc4ccccc4c3)c12. The van der Waals surface area contributed by atoms with Crippen LogP contribution in [0, 0.1) is 0 Å². The molecule has 1 aliphatic carbocycles. The zero-order chi connectivity index (χ0) is 34.7. The van der Waals surface area contributed by atoms with E-state index in [-0.39, 0.29) is 18.7 Å². The number of nitrogens with two attached hydrogens (primary N) is 1. The number of pyridine rings is 2. The smallest absolute Gasteiger partial charge is 0.408 e. The molecule has 4 N–H and O–H groups in total. The molecule has 0 spiro atoms. The van der Waals surface area contributed by atoms with E-state index in [9.17, 15) is 14.4 Å². The van der Waals surface area contributed by atoms with Crippen molar-refractivity contribution >= 4 is 45.6 Å². The Balaban J connectivity index is 1.19. The van der Waals surface area contributed by atoms with Crippen molar-refractivity contribution < 1.29 is 23.9 Å². The molecular weight excluding hydrogens is 620 g/mol. The maximum absolute atomic E-state index is 12.5. The van der Waals surface area contributed by atoms with Gasteiger partial charge in [0.2, 0.25) is 0 Å². The average molecular weight is 663 g/mol. The van der Waals surface area contributed by atoms with Gasteiger partial charge in [0.25, 0.3) is 5.91 Å². The van der Waals surface area contributed by atoms with Gasteiger partial charge < -0.3 is 30.4 Å². The monoisotopic (exact) mass is 662 g/mol. The van der Waals surface area contributed by atoms with Gasteiger partial charge in [-0.2, -0.15) is 0 Å². The second-order valence-corrected chi connectivity index (χ2v) is 13.4. The number of esters is 1. The number of rotatable bonds is 9. The quantitative estimate of drug-likeness (QED) is 0.148. The maximum Gasteiger partial charge on any atom is 0.408 e. The summed E-state index contributed by atoms with van der Waals surface area (Å²) in [7, 11) is 0. The molecule has 0 radical (unpaired) electrons. The van der Waals surface area contributed by atoms with Crippen molar-refractivity contribution in [3.8, 4) is 16.8 Å². The van der Waals surface area contributed by atoms with Crippen LogP contribution in [0.2, 0.25) is 0 Å². The number of hydrogen-bond acceptors (Lipinski definition) is 8. The number of anilines is 1. The van der Waals surface area contributed by atoms with E-state index in [0.29, 0.717) is 24.1 Å². The van der Waals surface area contributed by atoms with Gasteiger partial charge in [-0.15, -0.1) is 0 Å². The number of aromatic nitrogens is 3. The topological polar surface area (TPSA) is 150 Å². The lowest BCUT2D eigenvalue weighted by Crippen LogP contribution is -2.38. The first-order valence-electron chi connectivity index (χ1n) is 16.7. The average Bonchev–Trinajstić information content (AvgIpc) is 3.46. The van der Waals surface area contributed by atoms with Gasteiger partial charge in [-0.25, -0.2) is 9.78 Å². The molecule has 254 valence electrons. The Labute approximate surface area is 285 Å². The number of alkyl carbamates (subject to hydrolysis) is 1. The number of amides is 2. The van der Waals surface area contributed by atoms with E-state index in [1.807, 2.05) is 48.8 Å². The van der Waals surface area contributed by atoms with Crippen molar-refractivity contribution in [2.75, 3.05) is 11.9 Å². The lowest BCUT2D eigenvalue weighted by Gasteiger charge is -2.30. The summed E-state index contributed by atoms with van der Waals surface area (Å²) in [4.78, 5) is 46.2. The van der Waals surface area contributed by atoms with Gasteiger partial charge in [-0.1, -0.05) is 25.1 Å². The maximum atomic E-state index is 12.5. The van der Waals surface area contributed by atoms with Crippen LogP contribution in [-0.2, 0) is 20.7 Å². The van der Waals surface area contributed by atoms with E-state index in [1.54, 1.807) is 26.8 Å². The van der Waals surface area contributed by atoms with E-state index < -0.39 is 23.6 Å². The predicted molar refractivity (Wildman–Crippen MR) is 190 cm³/mol. The molecule has 0 aliphatic heterocycles. The highest BCUT2D eigenvalue weighted by atomic mass is 16.6. The van der Waals surface area contributed by atoms with Crippen molar-refractivity contribution in [3.63, 3.8) is 0 Å². The Morgan fingerprint density at radius 2 is 1.78 bits per heavy atom. The standard InChI is InChI=1S/C38H42N6O5/c1-5-23-22-44(36-34(23)29(16-17-40-36)25-18-24-8-6-7-9-31(24)41-20-25)27-12-15-30(35(39)46)32(19-27)43-26-10-13-28(14-11-26)48-33(45)21-42-37(47)49-38(2,3)4/h6-9,12,15-20,22,26,28,43H,5,10-11,13-14,21H2,1-4H3,(H2,39,46)(H,42,47)/t26-,28-. The fraction of sp³-hybridized carbons (Fsp3) is 0.342. The summed E-state index contributed by atoms with van der Waals surface area (Å²) in [5.74, 6) is -1.03. The first-order chi connectivity index (χ1) is 23.5. The van der Waals surface area contributed by atoms with Crippen LogP contribution in [0.5, 0.6) is 0 Å². The normalized spacial score (nSPS) is 16.3. The van der Waals surface area contributed by atoms with Crippen LogP contribution in [0.1, 0.15) is 69.3 Å². The number of carbonyl (C=O) groups is 3. The molecule has 1 aliphatic rings. The molecular formula is C38H42N6O5. The van der Waals surface area contributed by atoms with Crippen molar-refractivity contribution in [1.82, 2.24) is 19.9 Å². The third kappa shape index (κ3) is 7.66. The van der Waals surface area contributed by atoms with Gasteiger partial charge in [0, 0.05) is 52.3 Å². The molecule has 5 aromatic rings. The van der Waals surface area contributed by atoms with Crippen molar-refractivity contribution in [1.29, 1.82) is 0 Å². The summed E-state index contributed by atoms with van der Waals surface area (Å²) in [6.45, 7) is 7.13. The number of ether oxygens (including phenoxy) is 2. The molecule has 2 amide bonds. The highest BCUT2D eigenvalue weighted by Gasteiger charge is 2.26. The molecule has 0 unspecified atom stereocenters. The van der Waals surface area contributed by atoms with Crippen molar-refractivity contribution in [3.05, 3.63) is 84.3 Å². The predicted octanol–water partition coefficient (Wildman–Crippen LogP) is 6.69. The summed E-state index contributed by atoms with van der Waals surface area (Å²) in [5.41, 5.74) is 12.0. The Hall–Kier alpha value is -5.45. The second kappa shape index (κ2) is 14.0. The summed E-state index contributed by atoms with van der Waals surface area (Å²) in [6, 6.07) is 17.9. The van der Waals surface area contributed by atoms with Crippen LogP contribution in [0.3, 0.4) is 0 Å². The number of nitrogens with zero attached hydrogens (tertiary/aromatic N) is 3. The third-order valence-electron chi connectivity index (χ3n) is 8.70. The van der Waals surface area contributed by atoms with Crippen LogP contribution in [0.15, 0.2) is 73.2 Å². The number of aryl methyl sites for hydroxylation is 1. The number of hydrogen-bond donors (Lipinski definition) is 3. The molecule has 49 heavy (non-hydrogen) atoms. The Morgan fingerprint density at radius 1 is 1.00 bits per heavy atom. The summed E-state index contributed by atoms with van der Waals surface area (Å²) in [6.07, 6.45) is 8.43. The lowest BCUT2D eigenvalue weighted by atomic mass is 9.92. The van der Waals surface area contributed by atoms with Crippen LogP contribution >= 0.6 is 0 Å². The number of benzene rings is 2. The molecule has 0 atom stereocenters. The highest BCUT2D eigenvalue weighted by molar-refractivity contribution is 6.00. The number of primary amides is 1. The van der Waals surface area contributed by atoms with E-state index in [0.717, 1.165) is 63.6 Å². The summed E-state index contributed by atoms with van der Waals surface area (Å²) < 4.78 is 12.8. The number of para-hydroxylation sites is 1. The molecule has 3 aromatic heterocycles. The summed E-state index contributed by atoms with van der Waals surface area (Å²) in [5, 5.41) is 8.11. The molecule has 2 aromatic carbocycles. The van der Waals surface area contributed by atoms with Gasteiger partial charge >= 0.3 is 12.1 Å². The van der Waals surface area contributed by atoms with E-state index in [2.05, 4.69) is 40.5 Å². The number of carbonyl (C=O) groups excluding carboxylic acids is 3. The van der Waals surface area contributed by atoms with Crippen LogP contribution < -0.4 is 16.4 Å². The molecule has 1 saturated carbocycles. The molecule has 0 bridgehead atoms. The van der Waals surface area contributed by atoms with Crippen LogP contribution in [-0.4, -0.2) is 56.8 Å². The minimum atomic E-state index is -0.665. The zero-order valence-electron chi connectivity index (χ0n) is 28.3. The van der Waals surface area contributed by atoms with Crippen molar-refractivity contribution in [2.45, 2.75) is 77.5 Å². The molecule has 3 heterocycles. The minimum absolute atomic E-state index is 0.0425. The molecule has 11 nitrogen and oxygen atoms in total. The Morgan fingerprint density at radius 3 is 2.51 bits per heavy atom. The minimum Gasteiger partial charge on any atom is -0.461 e. The number of nitrogens with one attached hydrogen (secondary N) is 2. The molecule has 6 rings (SSSR count). The molecule has 1 fully saturated rings. The van der Waals surface area contributed by atoms with Crippen molar-refractivity contribution in [2.24, 2.45) is 5.73 Å². The second-order valence-electron chi connectivity index (χ2n) is 13.4. The molecule has 0 saturated heterocycles. The van der Waals surface area contributed by atoms with Gasteiger partial charge in [0.1, 0.15) is 23.9 Å². The summed E-state index contributed by atoms with van der Waals surface area (Å²) >= 11 is 0. The number of fused-ring (bicyclic) bond motifs is 2. The lowest BCUT2D eigenvalue weighted by molar-refractivity contribution is -0.149. The van der Waals surface area contributed by atoms with Gasteiger partial charge in [-0.3, -0.25) is 14.6 Å². The van der Waals surface area contributed by atoms with Gasteiger partial charge in [0.15, 0.2) is 0 Å². The largest absolute Gasteiger partial charge is 0.461 e. The molecule has 11 heteroatoms. The van der Waals surface area contributed by atoms with E-state index >= 15 is 0 Å². The fourth-order valence-corrected chi connectivity index (χ4v) is 6.40. The van der Waals surface area contributed by atoms with E-state index in [4.69, 9.17) is 25.2 Å². The first kappa shape index (κ1) is 33.5. The van der Waals surface area contributed by atoms with Crippen LogP contribution in [0.25, 0.3) is 38.8 Å².